The van der Waals surface area contributed by atoms with Crippen LogP contribution in [0.4, 0.5) is 18.0 Å². The Hall–Kier alpha value is -2.62. The van der Waals surface area contributed by atoms with Crippen LogP contribution >= 0.6 is 11.3 Å². The molecule has 2 N–H and O–H groups in total. The number of hydrogen-bond acceptors (Lipinski definition) is 5. The van der Waals surface area contributed by atoms with Crippen molar-refractivity contribution in [3.05, 3.63) is 40.9 Å². The molecule has 2 amide bonds. The Morgan fingerprint density at radius 1 is 1.20 bits per heavy atom. The molecule has 0 fully saturated rings. The number of alkyl halides is 3. The normalized spacial score (nSPS) is 11.0. The number of nitrogens with zero attached hydrogens (tertiary/aromatic N) is 1. The number of nitrogens with one attached hydrogen (secondary N) is 2. The number of benzene rings is 1. The fourth-order valence-corrected chi connectivity index (χ4v) is 2.64. The molecule has 0 saturated carbocycles. The van der Waals surface area contributed by atoms with Crippen LogP contribution in [0.2, 0.25) is 0 Å². The van der Waals surface area contributed by atoms with E-state index >= 15 is 0 Å². The van der Waals surface area contributed by atoms with Gasteiger partial charge in [-0.3, -0.25) is 10.2 Å². The lowest BCUT2D eigenvalue weighted by Gasteiger charge is -2.06. The van der Waals surface area contributed by atoms with E-state index < -0.39 is 23.7 Å². The highest BCUT2D eigenvalue weighted by molar-refractivity contribution is 7.13. The van der Waals surface area contributed by atoms with E-state index in [-0.39, 0.29) is 13.0 Å². The van der Waals surface area contributed by atoms with Crippen LogP contribution in [0.1, 0.15) is 18.2 Å². The Bertz CT molecular complexity index is 744. The number of carbonyl (C=O) groups excluding carboxylic acids is 2. The first-order valence-electron chi connectivity index (χ1n) is 7.13. The van der Waals surface area contributed by atoms with Crippen LogP contribution in [0, 0.1) is 0 Å². The summed E-state index contributed by atoms with van der Waals surface area (Å²) in [5, 5.41) is 2.12. The molecule has 0 aliphatic carbocycles. The smallest absolute Gasteiger partial charge is 0.426 e. The molecule has 0 atom stereocenters. The summed E-state index contributed by atoms with van der Waals surface area (Å²) in [5.41, 5.74) is 4.45. The largest absolute Gasteiger partial charge is 0.449 e. The van der Waals surface area contributed by atoms with E-state index in [1.165, 1.54) is 23.5 Å². The van der Waals surface area contributed by atoms with E-state index in [2.05, 4.69) is 20.6 Å². The summed E-state index contributed by atoms with van der Waals surface area (Å²) >= 11 is 1.21. The van der Waals surface area contributed by atoms with Gasteiger partial charge in [0.1, 0.15) is 5.01 Å². The standard InChI is InChI=1S/C15H14F3N3O3S/c1-2-24-14(23)21-20-12(22)7-11-8-25-13(19-11)9-3-5-10(6-4-9)15(16,17)18/h3-6,8H,2,7H2,1H3,(H,20,22)(H,21,23). The van der Waals surface area contributed by atoms with Crippen molar-refractivity contribution in [1.82, 2.24) is 15.8 Å². The van der Waals surface area contributed by atoms with Gasteiger partial charge in [0, 0.05) is 10.9 Å². The first kappa shape index (κ1) is 18.7. The van der Waals surface area contributed by atoms with Crippen LogP contribution in [0.25, 0.3) is 10.6 Å². The van der Waals surface area contributed by atoms with Gasteiger partial charge in [0.05, 0.1) is 24.3 Å². The second-order valence-corrected chi connectivity index (χ2v) is 5.65. The van der Waals surface area contributed by atoms with Gasteiger partial charge in [0.15, 0.2) is 0 Å². The Morgan fingerprint density at radius 2 is 1.88 bits per heavy atom. The number of amides is 2. The van der Waals surface area contributed by atoms with E-state index in [0.29, 0.717) is 16.3 Å². The molecule has 2 rings (SSSR count). The summed E-state index contributed by atoms with van der Waals surface area (Å²) < 4.78 is 42.2. The zero-order valence-corrected chi connectivity index (χ0v) is 13.8. The summed E-state index contributed by atoms with van der Waals surface area (Å²) in [7, 11) is 0. The monoisotopic (exact) mass is 373 g/mol. The summed E-state index contributed by atoms with van der Waals surface area (Å²) in [6, 6.07) is 4.61. The molecule has 25 heavy (non-hydrogen) atoms. The molecule has 134 valence electrons. The zero-order chi connectivity index (χ0) is 18.4. The molecule has 1 aromatic heterocycles. The van der Waals surface area contributed by atoms with Gasteiger partial charge >= 0.3 is 12.3 Å². The number of halogens is 3. The molecule has 10 heteroatoms. The Labute approximate surface area is 145 Å². The molecule has 0 bridgehead atoms. The average Bonchev–Trinajstić information content (AvgIpc) is 3.01. The topological polar surface area (TPSA) is 80.3 Å². The minimum absolute atomic E-state index is 0.0937. The van der Waals surface area contributed by atoms with Crippen LogP contribution in [-0.4, -0.2) is 23.6 Å². The lowest BCUT2D eigenvalue weighted by molar-refractivity contribution is -0.137. The minimum Gasteiger partial charge on any atom is -0.449 e. The third-order valence-electron chi connectivity index (χ3n) is 2.93. The van der Waals surface area contributed by atoms with Crippen LogP contribution in [-0.2, 0) is 22.1 Å². The molecule has 0 saturated heterocycles. The highest BCUT2D eigenvalue weighted by Gasteiger charge is 2.30. The first-order valence-corrected chi connectivity index (χ1v) is 8.01. The van der Waals surface area contributed by atoms with Crippen molar-refractivity contribution in [3.63, 3.8) is 0 Å². The van der Waals surface area contributed by atoms with Crippen molar-refractivity contribution in [1.29, 1.82) is 0 Å². The highest BCUT2D eigenvalue weighted by Crippen LogP contribution is 2.31. The number of aromatic nitrogens is 1. The third kappa shape index (κ3) is 5.45. The van der Waals surface area contributed by atoms with Gasteiger partial charge in [0.25, 0.3) is 0 Å². The minimum atomic E-state index is -4.39. The Kier molecular flexibility index (Phi) is 5.97. The number of ether oxygens (including phenoxy) is 1. The average molecular weight is 373 g/mol. The summed E-state index contributed by atoms with van der Waals surface area (Å²) in [6.07, 6.45) is -5.26. The van der Waals surface area contributed by atoms with E-state index in [4.69, 9.17) is 0 Å². The maximum Gasteiger partial charge on any atom is 0.426 e. The molecule has 0 unspecified atom stereocenters. The number of thiazole rings is 1. The fourth-order valence-electron chi connectivity index (χ4n) is 1.82. The molecule has 0 aliphatic rings. The molecule has 2 aromatic rings. The molecule has 1 heterocycles. The van der Waals surface area contributed by atoms with E-state index in [0.717, 1.165) is 12.1 Å². The molecule has 6 nitrogen and oxygen atoms in total. The summed E-state index contributed by atoms with van der Waals surface area (Å²) in [6.45, 7) is 1.80. The predicted octanol–water partition coefficient (Wildman–Crippen LogP) is 3.15. The second-order valence-electron chi connectivity index (χ2n) is 4.79. The van der Waals surface area contributed by atoms with Gasteiger partial charge in [-0.15, -0.1) is 11.3 Å². The number of hydrazine groups is 1. The van der Waals surface area contributed by atoms with Gasteiger partial charge in [-0.25, -0.2) is 15.2 Å². The van der Waals surface area contributed by atoms with Crippen LogP contribution in [0.15, 0.2) is 29.6 Å². The predicted molar refractivity (Wildman–Crippen MR) is 84.6 cm³/mol. The van der Waals surface area contributed by atoms with Crippen LogP contribution in [0.3, 0.4) is 0 Å². The maximum absolute atomic E-state index is 12.6. The van der Waals surface area contributed by atoms with Crippen molar-refractivity contribution in [2.75, 3.05) is 6.61 Å². The van der Waals surface area contributed by atoms with E-state index in [1.807, 2.05) is 0 Å². The van der Waals surface area contributed by atoms with Crippen molar-refractivity contribution < 1.29 is 27.5 Å². The fraction of sp³-hybridized carbons (Fsp3) is 0.267. The third-order valence-corrected chi connectivity index (χ3v) is 3.87. The van der Waals surface area contributed by atoms with E-state index in [1.54, 1.807) is 12.3 Å². The molecule has 0 aliphatic heterocycles. The van der Waals surface area contributed by atoms with Gasteiger partial charge in [0.2, 0.25) is 5.91 Å². The van der Waals surface area contributed by atoms with Crippen LogP contribution in [0.5, 0.6) is 0 Å². The first-order chi connectivity index (χ1) is 11.8. The molecule has 1 aromatic carbocycles. The lowest BCUT2D eigenvalue weighted by atomic mass is 10.1. The molecular formula is C15H14F3N3O3S. The Morgan fingerprint density at radius 3 is 2.48 bits per heavy atom. The number of hydrogen-bond donors (Lipinski definition) is 2. The van der Waals surface area contributed by atoms with Crippen LogP contribution < -0.4 is 10.9 Å². The van der Waals surface area contributed by atoms with Gasteiger partial charge < -0.3 is 4.74 Å². The van der Waals surface area contributed by atoms with Gasteiger partial charge in [-0.05, 0) is 19.1 Å². The van der Waals surface area contributed by atoms with Crippen molar-refractivity contribution in [2.45, 2.75) is 19.5 Å². The van der Waals surface area contributed by atoms with Gasteiger partial charge in [-0.2, -0.15) is 13.2 Å². The van der Waals surface area contributed by atoms with Gasteiger partial charge in [-0.1, -0.05) is 12.1 Å². The SMILES string of the molecule is CCOC(=O)NNC(=O)Cc1csc(-c2ccc(C(F)(F)F)cc2)n1. The Balaban J connectivity index is 1.95. The summed E-state index contributed by atoms with van der Waals surface area (Å²) in [5.74, 6) is -0.502. The molecule has 0 spiro atoms. The molecule has 0 radical (unpaired) electrons. The van der Waals surface area contributed by atoms with Crippen molar-refractivity contribution >= 4 is 23.3 Å². The quantitative estimate of drug-likeness (QED) is 0.807. The highest BCUT2D eigenvalue weighted by atomic mass is 32.1. The number of rotatable bonds is 4. The molecular weight excluding hydrogens is 359 g/mol. The van der Waals surface area contributed by atoms with E-state index in [9.17, 15) is 22.8 Å². The summed E-state index contributed by atoms with van der Waals surface area (Å²) in [4.78, 5) is 26.9. The van der Waals surface area contributed by atoms with Crippen molar-refractivity contribution in [3.8, 4) is 10.6 Å². The zero-order valence-electron chi connectivity index (χ0n) is 13.0. The maximum atomic E-state index is 12.6. The van der Waals surface area contributed by atoms with Crippen molar-refractivity contribution in [2.24, 2.45) is 0 Å². The second kappa shape index (κ2) is 7.97. The number of carbonyl (C=O) groups is 2. The lowest BCUT2D eigenvalue weighted by Crippen LogP contribution is -2.42.